The molecule has 0 aromatic heterocycles. The minimum Gasteiger partial charge on any atom is -0.490 e. The number of carboxylic acids is 1. The van der Waals surface area contributed by atoms with Gasteiger partial charge >= 0.3 is 12.1 Å². The van der Waals surface area contributed by atoms with Gasteiger partial charge < -0.3 is 25.2 Å². The van der Waals surface area contributed by atoms with E-state index in [4.69, 9.17) is 55.9 Å². The Kier molecular flexibility index (Phi) is 12.1. The van der Waals surface area contributed by atoms with Gasteiger partial charge in [0.05, 0.1) is 31.2 Å². The zero-order valence-electron chi connectivity index (χ0n) is 23.2. The zero-order chi connectivity index (χ0) is 31.9. The molecule has 6 nitrogen and oxygen atoms in total. The van der Waals surface area contributed by atoms with Gasteiger partial charge in [0, 0.05) is 25.2 Å². The van der Waals surface area contributed by atoms with Crippen LogP contribution in [0, 0.1) is 0 Å². The molecule has 0 saturated heterocycles. The van der Waals surface area contributed by atoms with Crippen molar-refractivity contribution >= 4 is 57.9 Å². The van der Waals surface area contributed by atoms with E-state index >= 15 is 0 Å². The second-order valence-electron chi connectivity index (χ2n) is 10.0. The normalized spacial score (nSPS) is 15.0. The lowest BCUT2D eigenvalue weighted by Gasteiger charge is -2.19. The number of rotatable bonds is 10. The highest BCUT2D eigenvalue weighted by Crippen LogP contribution is 2.37. The van der Waals surface area contributed by atoms with Crippen LogP contribution in [0.15, 0.2) is 60.2 Å². The van der Waals surface area contributed by atoms with E-state index in [1.54, 1.807) is 12.1 Å². The molecular weight excluding hydrogens is 663 g/mol. The maximum Gasteiger partial charge on any atom is 0.417 e. The predicted octanol–water partition coefficient (Wildman–Crippen LogP) is 8.55. The van der Waals surface area contributed by atoms with Gasteiger partial charge in [0.25, 0.3) is 0 Å². The first-order valence-corrected chi connectivity index (χ1v) is 15.2. The minimum absolute atomic E-state index is 0.192. The maximum absolute atomic E-state index is 12.5. The fourth-order valence-electron chi connectivity index (χ4n) is 4.36. The van der Waals surface area contributed by atoms with Gasteiger partial charge in [0.1, 0.15) is 24.7 Å². The van der Waals surface area contributed by atoms with E-state index in [2.05, 4.69) is 10.6 Å². The molecule has 3 aromatic carbocycles. The van der Waals surface area contributed by atoms with Crippen LogP contribution in [0.3, 0.4) is 0 Å². The largest absolute Gasteiger partial charge is 0.490 e. The van der Waals surface area contributed by atoms with E-state index in [0.29, 0.717) is 69.9 Å². The number of ether oxygens (including phenoxy) is 2. The number of benzene rings is 3. The summed E-state index contributed by atoms with van der Waals surface area (Å²) in [6.45, 7) is 2.12. The fourth-order valence-corrected chi connectivity index (χ4v) is 5.25. The Morgan fingerprint density at radius 2 is 1.64 bits per heavy atom. The summed E-state index contributed by atoms with van der Waals surface area (Å²) in [5.41, 5.74) is 1.90. The van der Waals surface area contributed by atoms with Crippen LogP contribution in [0.4, 0.5) is 13.2 Å². The fraction of sp³-hybridized carbons (Fsp3) is 0.323. The van der Waals surface area contributed by atoms with Crippen LogP contribution >= 0.6 is 46.4 Å². The molecule has 0 spiro atoms. The Bertz CT molecular complexity index is 1500. The van der Waals surface area contributed by atoms with Gasteiger partial charge in [-0.3, -0.25) is 0 Å². The average Bonchev–Trinajstić information content (AvgIpc) is 3.82. The Hall–Kier alpha value is -2.66. The molecule has 1 fully saturated rings. The van der Waals surface area contributed by atoms with Crippen LogP contribution in [0.5, 0.6) is 11.5 Å². The summed E-state index contributed by atoms with van der Waals surface area (Å²) in [5, 5.41) is 16.5. The first-order valence-electron chi connectivity index (χ1n) is 13.7. The van der Waals surface area contributed by atoms with E-state index < -0.39 is 17.7 Å². The molecule has 44 heavy (non-hydrogen) atoms. The van der Waals surface area contributed by atoms with E-state index in [0.717, 1.165) is 36.6 Å². The summed E-state index contributed by atoms with van der Waals surface area (Å²) < 4.78 is 48.8. The van der Waals surface area contributed by atoms with Crippen LogP contribution in [0.1, 0.15) is 36.0 Å². The lowest BCUT2D eigenvalue weighted by Crippen LogP contribution is -2.28. The van der Waals surface area contributed by atoms with Crippen molar-refractivity contribution in [1.82, 2.24) is 10.6 Å². The third-order valence-electron chi connectivity index (χ3n) is 6.81. The summed E-state index contributed by atoms with van der Waals surface area (Å²) in [5.74, 6) is 0.216. The first-order chi connectivity index (χ1) is 20.9. The van der Waals surface area contributed by atoms with Crippen LogP contribution in [0.25, 0.3) is 5.57 Å². The highest BCUT2D eigenvalue weighted by atomic mass is 35.5. The number of alkyl halides is 3. The number of aliphatic carboxylic acids is 1. The second kappa shape index (κ2) is 15.6. The molecule has 1 heterocycles. The van der Waals surface area contributed by atoms with Crippen molar-refractivity contribution in [1.29, 1.82) is 0 Å². The van der Waals surface area contributed by atoms with Crippen LogP contribution in [-0.2, 0) is 17.5 Å². The molecular formula is C31H29Cl4F3N2O4. The van der Waals surface area contributed by atoms with Crippen molar-refractivity contribution in [2.24, 2.45) is 0 Å². The maximum atomic E-state index is 12.5. The Balaban J connectivity index is 0.000000233. The van der Waals surface area contributed by atoms with E-state index in [1.807, 2.05) is 24.3 Å². The van der Waals surface area contributed by atoms with Gasteiger partial charge in [-0.1, -0.05) is 70.7 Å². The van der Waals surface area contributed by atoms with Crippen molar-refractivity contribution in [3.05, 3.63) is 97.0 Å². The number of carbonyl (C=O) groups is 1. The molecule has 3 aromatic rings. The molecule has 2 aliphatic rings. The molecule has 1 aliphatic heterocycles. The lowest BCUT2D eigenvalue weighted by atomic mass is 9.94. The Labute approximate surface area is 273 Å². The molecule has 1 aliphatic carbocycles. The van der Waals surface area contributed by atoms with Crippen molar-refractivity contribution in [3.8, 4) is 11.5 Å². The summed E-state index contributed by atoms with van der Waals surface area (Å²) >= 11 is 23.6. The smallest absolute Gasteiger partial charge is 0.417 e. The van der Waals surface area contributed by atoms with E-state index in [-0.39, 0.29) is 11.6 Å². The quantitative estimate of drug-likeness (QED) is 0.146. The number of nitrogens with one attached hydrogen (secondary N) is 2. The van der Waals surface area contributed by atoms with Crippen molar-refractivity contribution in [3.63, 3.8) is 0 Å². The van der Waals surface area contributed by atoms with Crippen LogP contribution in [0.2, 0.25) is 20.1 Å². The van der Waals surface area contributed by atoms with Gasteiger partial charge in [0.15, 0.2) is 0 Å². The van der Waals surface area contributed by atoms with Crippen molar-refractivity contribution in [2.75, 3.05) is 26.3 Å². The Morgan fingerprint density at radius 3 is 2.30 bits per heavy atom. The third kappa shape index (κ3) is 9.67. The monoisotopic (exact) mass is 690 g/mol. The lowest BCUT2D eigenvalue weighted by molar-refractivity contribution is -0.137. The van der Waals surface area contributed by atoms with Crippen LogP contribution in [-0.4, -0.2) is 43.4 Å². The molecule has 1 saturated carbocycles. The zero-order valence-corrected chi connectivity index (χ0v) is 26.3. The van der Waals surface area contributed by atoms with Gasteiger partial charge in [-0.05, 0) is 66.8 Å². The molecule has 3 N–H and O–H groups in total. The van der Waals surface area contributed by atoms with Crippen LogP contribution < -0.4 is 20.1 Å². The highest BCUT2D eigenvalue weighted by molar-refractivity contribution is 6.43. The van der Waals surface area contributed by atoms with Gasteiger partial charge in [-0.2, -0.15) is 13.2 Å². The summed E-state index contributed by atoms with van der Waals surface area (Å²) in [4.78, 5) is 11.4. The summed E-state index contributed by atoms with van der Waals surface area (Å²) in [7, 11) is 0. The number of halogens is 7. The van der Waals surface area contributed by atoms with Gasteiger partial charge in [-0.25, -0.2) is 4.79 Å². The number of hydrogen-bond donors (Lipinski definition) is 3. The van der Waals surface area contributed by atoms with Crippen molar-refractivity contribution < 1.29 is 32.5 Å². The van der Waals surface area contributed by atoms with Gasteiger partial charge in [0.2, 0.25) is 0 Å². The minimum atomic E-state index is -4.38. The molecule has 0 atom stereocenters. The predicted molar refractivity (Wildman–Crippen MR) is 167 cm³/mol. The molecule has 0 unspecified atom stereocenters. The molecule has 5 rings (SSSR count). The molecule has 13 heteroatoms. The molecule has 0 radical (unpaired) electrons. The van der Waals surface area contributed by atoms with E-state index in [1.165, 1.54) is 12.1 Å². The van der Waals surface area contributed by atoms with E-state index in [9.17, 15) is 23.1 Å². The first kappa shape index (κ1) is 34.2. The van der Waals surface area contributed by atoms with Gasteiger partial charge in [-0.15, -0.1) is 0 Å². The second-order valence-corrected chi connectivity index (χ2v) is 11.6. The third-order valence-corrected chi connectivity index (χ3v) is 8.27. The average molecular weight is 692 g/mol. The van der Waals surface area contributed by atoms with Crippen molar-refractivity contribution in [2.45, 2.75) is 38.0 Å². The molecule has 0 bridgehead atoms. The summed E-state index contributed by atoms with van der Waals surface area (Å²) in [6.07, 6.45) is -1.51. The Morgan fingerprint density at radius 1 is 0.955 bits per heavy atom. The number of carboxylic acid groups (broad SMARTS) is 1. The standard InChI is InChI=1S/C20H18Cl3NO4.C11H11ClF3N/c21-16-9-18(23)19(10-17(16)22)28-8-7-27-13-3-1-12(2-4-13)14-5-6-24-11-15(14)20(25)26;12-10-7(6-16-8-4-5-8)2-1-3-9(10)11(13,14)15/h1-4,9-10,24H,5-8,11H2,(H,25,26);1-3,8,16H,4-6H2. The number of hydrogen-bond acceptors (Lipinski definition) is 5. The highest BCUT2D eigenvalue weighted by Gasteiger charge is 2.34. The SMILES string of the molecule is FC(F)(F)c1cccc(CNC2CC2)c1Cl.O=C(O)C1=C(c2ccc(OCCOc3cc(Cl)c(Cl)cc3Cl)cc2)CCNC1. The molecule has 236 valence electrons. The summed E-state index contributed by atoms with van der Waals surface area (Å²) in [6, 6.07) is 14.9. The topological polar surface area (TPSA) is 79.8 Å². The molecule has 0 amide bonds.